The van der Waals surface area contributed by atoms with Crippen LogP contribution in [0.4, 0.5) is 0 Å². The third-order valence-corrected chi connectivity index (χ3v) is 4.45. The molecule has 2 atom stereocenters. The molecule has 1 nitrogen and oxygen atoms in total. The summed E-state index contributed by atoms with van der Waals surface area (Å²) in [7, 11) is 0. The van der Waals surface area contributed by atoms with E-state index in [1.807, 2.05) is 0 Å². The summed E-state index contributed by atoms with van der Waals surface area (Å²) in [6, 6.07) is 7.67. The van der Waals surface area contributed by atoms with E-state index >= 15 is 0 Å². The van der Waals surface area contributed by atoms with E-state index in [1.165, 1.54) is 26.7 Å². The second-order valence-corrected chi connectivity index (χ2v) is 6.75. The molecule has 0 amide bonds. The van der Waals surface area contributed by atoms with Gasteiger partial charge in [0.1, 0.15) is 6.04 Å². The lowest BCUT2D eigenvalue weighted by Gasteiger charge is -2.31. The molecule has 1 heterocycles. The molecule has 0 radical (unpaired) electrons. The lowest BCUT2D eigenvalue weighted by Crippen LogP contribution is -2.92. The van der Waals surface area contributed by atoms with Crippen molar-refractivity contribution in [1.82, 2.24) is 0 Å². The molecule has 0 bridgehead atoms. The van der Waals surface area contributed by atoms with Crippen LogP contribution in [0.1, 0.15) is 43.9 Å². The molecule has 0 fully saturated rings. The molecule has 0 aromatic heterocycles. The molecule has 2 rings (SSSR count). The van der Waals surface area contributed by atoms with Crippen molar-refractivity contribution in [3.05, 3.63) is 58.1 Å². The van der Waals surface area contributed by atoms with Gasteiger partial charge in [0, 0.05) is 29.3 Å². The Hall–Kier alpha value is -0.860. The van der Waals surface area contributed by atoms with Crippen molar-refractivity contribution in [2.24, 2.45) is 0 Å². The Bertz CT molecular complexity index is 504. The van der Waals surface area contributed by atoms with Gasteiger partial charge in [-0.15, -0.1) is 0 Å². The number of fused-ring (bicyclic) bond motifs is 1. The van der Waals surface area contributed by atoms with Crippen molar-refractivity contribution < 1.29 is 5.32 Å². The van der Waals surface area contributed by atoms with Gasteiger partial charge < -0.3 is 5.32 Å². The van der Waals surface area contributed by atoms with Gasteiger partial charge in [-0.05, 0) is 25.5 Å². The molecule has 0 aliphatic carbocycles. The largest absolute Gasteiger partial charge is 0.337 e. The van der Waals surface area contributed by atoms with Crippen LogP contribution in [0.15, 0.2) is 47.0 Å². The van der Waals surface area contributed by atoms with E-state index in [-0.39, 0.29) is 0 Å². The highest BCUT2D eigenvalue weighted by Crippen LogP contribution is 2.31. The maximum Gasteiger partial charge on any atom is 0.116 e. The van der Waals surface area contributed by atoms with E-state index in [0.29, 0.717) is 12.1 Å². The number of benzene rings is 1. The summed E-state index contributed by atoms with van der Waals surface area (Å²) in [5.41, 5.74) is 5.46. The zero-order valence-electron chi connectivity index (χ0n) is 11.9. The van der Waals surface area contributed by atoms with E-state index in [2.05, 4.69) is 66.5 Å². The first kappa shape index (κ1) is 14.5. The molecule has 0 unspecified atom stereocenters. The third kappa shape index (κ3) is 3.58. The lowest BCUT2D eigenvalue weighted by molar-refractivity contribution is -0.730. The van der Waals surface area contributed by atoms with Gasteiger partial charge in [0.25, 0.3) is 0 Å². The minimum Gasteiger partial charge on any atom is -0.337 e. The summed E-state index contributed by atoms with van der Waals surface area (Å²) >= 11 is 3.71. The van der Waals surface area contributed by atoms with Crippen LogP contribution in [0.2, 0.25) is 0 Å². The fraction of sp³-hybridized carbons (Fsp3) is 0.412. The van der Waals surface area contributed by atoms with Gasteiger partial charge in [-0.25, -0.2) is 0 Å². The van der Waals surface area contributed by atoms with E-state index in [4.69, 9.17) is 0 Å². The van der Waals surface area contributed by atoms with Gasteiger partial charge in [0.2, 0.25) is 0 Å². The molecule has 0 spiro atoms. The van der Waals surface area contributed by atoms with Crippen LogP contribution >= 0.6 is 15.9 Å². The highest BCUT2D eigenvalue weighted by molar-refractivity contribution is 9.10. The van der Waals surface area contributed by atoms with Crippen LogP contribution in [0.5, 0.6) is 0 Å². The van der Waals surface area contributed by atoms with E-state index in [9.17, 15) is 0 Å². The standard InChI is InChI=1S/C17H22BrN/c1-11(2)8-13-10-15-14(6-5-7-16(15)18)17(19-13)9-12(3)4/h5-7,13,17,19H,1,3,8-10H2,2,4H3/p+1/t13-,17+/m1/s1. The quantitative estimate of drug-likeness (QED) is 0.810. The monoisotopic (exact) mass is 320 g/mol. The fourth-order valence-corrected chi connectivity index (χ4v) is 3.59. The van der Waals surface area contributed by atoms with E-state index in [1.54, 1.807) is 0 Å². The molecular formula is C17H23BrN+. The molecule has 102 valence electrons. The third-order valence-electron chi connectivity index (χ3n) is 3.70. The van der Waals surface area contributed by atoms with E-state index in [0.717, 1.165) is 19.3 Å². The van der Waals surface area contributed by atoms with Crippen LogP contribution in [0, 0.1) is 0 Å². The Morgan fingerprint density at radius 3 is 2.58 bits per heavy atom. The molecule has 1 aliphatic heterocycles. The lowest BCUT2D eigenvalue weighted by atomic mass is 9.86. The van der Waals surface area contributed by atoms with Crippen LogP contribution < -0.4 is 5.32 Å². The van der Waals surface area contributed by atoms with Crippen molar-refractivity contribution in [3.63, 3.8) is 0 Å². The highest BCUT2D eigenvalue weighted by Gasteiger charge is 2.30. The number of hydrogen-bond acceptors (Lipinski definition) is 0. The predicted octanol–water partition coefficient (Wildman–Crippen LogP) is 3.91. The van der Waals surface area contributed by atoms with Gasteiger partial charge in [0.15, 0.2) is 0 Å². The minimum absolute atomic E-state index is 0.503. The van der Waals surface area contributed by atoms with Gasteiger partial charge in [-0.2, -0.15) is 0 Å². The summed E-state index contributed by atoms with van der Waals surface area (Å²) in [6.45, 7) is 12.4. The second kappa shape index (κ2) is 6.06. The number of hydrogen-bond donors (Lipinski definition) is 1. The molecule has 2 N–H and O–H groups in total. The maximum atomic E-state index is 4.08. The topological polar surface area (TPSA) is 16.6 Å². The predicted molar refractivity (Wildman–Crippen MR) is 85.2 cm³/mol. The molecule has 0 saturated carbocycles. The molecule has 1 aromatic rings. The van der Waals surface area contributed by atoms with Gasteiger partial charge in [-0.3, -0.25) is 0 Å². The van der Waals surface area contributed by atoms with Crippen molar-refractivity contribution in [2.45, 2.75) is 45.2 Å². The van der Waals surface area contributed by atoms with Crippen molar-refractivity contribution >= 4 is 15.9 Å². The summed E-state index contributed by atoms with van der Waals surface area (Å²) in [5, 5.41) is 2.51. The van der Waals surface area contributed by atoms with Crippen molar-refractivity contribution in [1.29, 1.82) is 0 Å². The van der Waals surface area contributed by atoms with Crippen molar-refractivity contribution in [3.8, 4) is 0 Å². The number of rotatable bonds is 4. The number of halogens is 1. The molecule has 1 aromatic carbocycles. The van der Waals surface area contributed by atoms with E-state index < -0.39 is 0 Å². The van der Waals surface area contributed by atoms with Crippen LogP contribution in [0.3, 0.4) is 0 Å². The summed E-state index contributed by atoms with van der Waals surface area (Å²) in [4.78, 5) is 0. The summed E-state index contributed by atoms with van der Waals surface area (Å²) in [5.74, 6) is 0. The number of quaternary nitrogens is 1. The summed E-state index contributed by atoms with van der Waals surface area (Å²) < 4.78 is 1.25. The number of nitrogens with two attached hydrogens (primary N) is 1. The highest BCUT2D eigenvalue weighted by atomic mass is 79.9. The first-order valence-corrected chi connectivity index (χ1v) is 7.67. The first-order valence-electron chi connectivity index (χ1n) is 6.88. The van der Waals surface area contributed by atoms with Gasteiger partial charge in [-0.1, -0.05) is 52.4 Å². The summed E-state index contributed by atoms with van der Waals surface area (Å²) in [6.07, 6.45) is 3.26. The molecule has 19 heavy (non-hydrogen) atoms. The second-order valence-electron chi connectivity index (χ2n) is 5.89. The molecular weight excluding hydrogens is 298 g/mol. The normalized spacial score (nSPS) is 21.8. The molecule has 2 heteroatoms. The van der Waals surface area contributed by atoms with Gasteiger partial charge >= 0.3 is 0 Å². The smallest absolute Gasteiger partial charge is 0.116 e. The van der Waals surface area contributed by atoms with Crippen molar-refractivity contribution in [2.75, 3.05) is 0 Å². The Balaban J connectivity index is 2.31. The maximum absolute atomic E-state index is 4.08. The minimum atomic E-state index is 0.503. The fourth-order valence-electron chi connectivity index (χ4n) is 3.04. The average molecular weight is 321 g/mol. The van der Waals surface area contributed by atoms with Gasteiger partial charge in [0.05, 0.1) is 6.04 Å². The van der Waals surface area contributed by atoms with Crippen LogP contribution in [0.25, 0.3) is 0 Å². The zero-order chi connectivity index (χ0) is 14.0. The molecule has 1 aliphatic rings. The molecule has 0 saturated heterocycles. The Kier molecular flexibility index (Phi) is 4.64. The zero-order valence-corrected chi connectivity index (χ0v) is 13.5. The first-order chi connectivity index (χ1) is 8.97. The Morgan fingerprint density at radius 1 is 1.26 bits per heavy atom. The Labute approximate surface area is 124 Å². The van der Waals surface area contributed by atoms with Crippen LogP contribution in [-0.4, -0.2) is 6.04 Å². The SMILES string of the molecule is C=C(C)C[C@@H]1Cc2c(Br)cccc2[C@H](CC(=C)C)[NH2+]1. The average Bonchev–Trinajstić information content (AvgIpc) is 2.29. The van der Waals surface area contributed by atoms with Crippen LogP contribution in [-0.2, 0) is 6.42 Å². The Morgan fingerprint density at radius 2 is 1.95 bits per heavy atom.